The Morgan fingerprint density at radius 2 is 2.27 bits per heavy atom. The summed E-state index contributed by atoms with van der Waals surface area (Å²) in [6.45, 7) is 3.37. The number of benzene rings is 1. The molecule has 0 aromatic heterocycles. The summed E-state index contributed by atoms with van der Waals surface area (Å²) in [7, 11) is 0. The zero-order valence-electron chi connectivity index (χ0n) is 11.7. The zero-order chi connectivity index (χ0) is 15.9. The van der Waals surface area contributed by atoms with E-state index in [4.69, 9.17) is 4.74 Å². The average molecular weight is 417 g/mol. The summed E-state index contributed by atoms with van der Waals surface area (Å²) in [5.41, 5.74) is 1.15. The Hall–Kier alpha value is -1.84. The molecule has 1 fully saturated rings. The van der Waals surface area contributed by atoms with E-state index < -0.39 is 10.7 Å². The highest BCUT2D eigenvalue weighted by atomic mass is 127. The van der Waals surface area contributed by atoms with Gasteiger partial charge in [-0.25, -0.2) is 4.39 Å². The number of ether oxygens (including phenoxy) is 1. The number of hydrogen-bond donors (Lipinski definition) is 1. The third kappa shape index (κ3) is 2.62. The van der Waals surface area contributed by atoms with Crippen LogP contribution >= 0.6 is 22.6 Å². The minimum atomic E-state index is -0.483. The summed E-state index contributed by atoms with van der Waals surface area (Å²) >= 11 is 2.01. The first kappa shape index (κ1) is 15.1. The van der Waals surface area contributed by atoms with Crippen molar-refractivity contribution in [3.8, 4) is 0 Å². The Bertz CT molecular complexity index is 717. The molecule has 6 nitrogen and oxygen atoms in total. The number of hydrogen-bond acceptors (Lipinski definition) is 5. The Morgan fingerprint density at radius 3 is 2.95 bits per heavy atom. The first-order chi connectivity index (χ1) is 10.5. The van der Waals surface area contributed by atoms with Crippen molar-refractivity contribution in [2.75, 3.05) is 25.0 Å². The third-order valence-electron chi connectivity index (χ3n) is 3.55. The van der Waals surface area contributed by atoms with Gasteiger partial charge >= 0.3 is 5.70 Å². The molecule has 2 aliphatic rings. The van der Waals surface area contributed by atoms with Crippen LogP contribution in [0.15, 0.2) is 41.0 Å². The molecule has 0 atom stereocenters. The number of rotatable bonds is 3. The van der Waals surface area contributed by atoms with Crippen LogP contribution in [-0.2, 0) is 4.74 Å². The molecule has 3 rings (SSSR count). The van der Waals surface area contributed by atoms with Gasteiger partial charge in [0.15, 0.2) is 0 Å². The third-order valence-corrected chi connectivity index (χ3v) is 4.23. The van der Waals surface area contributed by atoms with Crippen molar-refractivity contribution in [2.45, 2.75) is 6.92 Å². The molecule has 1 aromatic carbocycles. The molecule has 2 aliphatic heterocycles. The minimum Gasteiger partial charge on any atom is -0.472 e. The normalized spacial score (nSPS) is 17.5. The molecule has 0 amide bonds. The highest BCUT2D eigenvalue weighted by molar-refractivity contribution is 14.1. The molecule has 116 valence electrons. The molecule has 0 spiro atoms. The molecule has 1 saturated heterocycles. The Kier molecular flexibility index (Phi) is 3.94. The first-order valence-corrected chi connectivity index (χ1v) is 7.74. The summed E-state index contributed by atoms with van der Waals surface area (Å²) < 4.78 is 20.2. The lowest BCUT2D eigenvalue weighted by molar-refractivity contribution is -0.425. The summed E-state index contributed by atoms with van der Waals surface area (Å²) in [4.78, 5) is 12.8. The van der Waals surface area contributed by atoms with Crippen molar-refractivity contribution in [3.05, 3.63) is 60.6 Å². The number of halogens is 2. The number of nitrogens with one attached hydrogen (secondary N) is 1. The molecule has 0 saturated carbocycles. The standard InChI is InChI=1S/C14H13FIN3O3/c1-8-7-18-4-5-22-14(18)13(19(20)21)12(8)17-11-3-2-9(16)6-10(11)15/h2-3,6,17H,4-5,7H2,1H3. The molecule has 22 heavy (non-hydrogen) atoms. The predicted octanol–water partition coefficient (Wildman–Crippen LogP) is 2.91. The second-order valence-corrected chi connectivity index (χ2v) is 6.33. The summed E-state index contributed by atoms with van der Waals surface area (Å²) in [5.74, 6) is -0.196. The molecule has 0 bridgehead atoms. The Labute approximate surface area is 139 Å². The highest BCUT2D eigenvalue weighted by Gasteiger charge is 2.38. The zero-order valence-corrected chi connectivity index (χ0v) is 13.9. The maximum atomic E-state index is 14.0. The number of fused-ring (bicyclic) bond motifs is 1. The van der Waals surface area contributed by atoms with Gasteiger partial charge in [-0.05, 0) is 53.3 Å². The minimum absolute atomic E-state index is 0.140. The van der Waals surface area contributed by atoms with Crippen LogP contribution in [0, 0.1) is 19.5 Å². The second kappa shape index (κ2) is 5.75. The van der Waals surface area contributed by atoms with Gasteiger partial charge in [0.25, 0.3) is 5.88 Å². The number of nitrogens with zero attached hydrogens (tertiary/aromatic N) is 2. The fourth-order valence-electron chi connectivity index (χ4n) is 2.55. The van der Waals surface area contributed by atoms with E-state index in [1.54, 1.807) is 19.1 Å². The lowest BCUT2D eigenvalue weighted by Crippen LogP contribution is -2.31. The van der Waals surface area contributed by atoms with Crippen LogP contribution in [0.5, 0.6) is 0 Å². The van der Waals surface area contributed by atoms with Crippen molar-refractivity contribution in [2.24, 2.45) is 0 Å². The van der Waals surface area contributed by atoms with Gasteiger partial charge in [-0.3, -0.25) is 10.1 Å². The van der Waals surface area contributed by atoms with E-state index in [1.165, 1.54) is 6.07 Å². The van der Waals surface area contributed by atoms with Crippen molar-refractivity contribution < 1.29 is 14.1 Å². The maximum absolute atomic E-state index is 14.0. The van der Waals surface area contributed by atoms with Gasteiger partial charge in [-0.2, -0.15) is 0 Å². The lowest BCUT2D eigenvalue weighted by atomic mass is 10.1. The second-order valence-electron chi connectivity index (χ2n) is 5.09. The van der Waals surface area contributed by atoms with Gasteiger partial charge in [0.05, 0.1) is 17.2 Å². The Balaban J connectivity index is 2.02. The van der Waals surface area contributed by atoms with Crippen LogP contribution in [0.1, 0.15) is 6.92 Å². The first-order valence-electron chi connectivity index (χ1n) is 6.66. The largest absolute Gasteiger partial charge is 0.472 e. The van der Waals surface area contributed by atoms with Crippen LogP contribution in [-0.4, -0.2) is 29.5 Å². The van der Waals surface area contributed by atoms with Crippen LogP contribution < -0.4 is 5.32 Å². The predicted molar refractivity (Wildman–Crippen MR) is 87.0 cm³/mol. The number of anilines is 1. The van der Waals surface area contributed by atoms with E-state index in [-0.39, 0.29) is 17.3 Å². The molecular weight excluding hydrogens is 404 g/mol. The van der Waals surface area contributed by atoms with Crippen molar-refractivity contribution in [3.63, 3.8) is 0 Å². The van der Waals surface area contributed by atoms with Gasteiger partial charge in [-0.1, -0.05) is 0 Å². The Morgan fingerprint density at radius 1 is 1.50 bits per heavy atom. The van der Waals surface area contributed by atoms with Gasteiger partial charge in [0, 0.05) is 10.1 Å². The number of nitro groups is 1. The fraction of sp³-hybridized carbons (Fsp3) is 0.286. The summed E-state index contributed by atoms with van der Waals surface area (Å²) in [5, 5.41) is 14.3. The molecule has 2 heterocycles. The van der Waals surface area contributed by atoms with Crippen LogP contribution in [0.2, 0.25) is 0 Å². The molecule has 8 heteroatoms. The van der Waals surface area contributed by atoms with Gasteiger partial charge in [0.1, 0.15) is 18.1 Å². The van der Waals surface area contributed by atoms with E-state index in [0.717, 1.165) is 9.14 Å². The summed E-state index contributed by atoms with van der Waals surface area (Å²) in [6.07, 6.45) is 0. The van der Waals surface area contributed by atoms with Crippen LogP contribution in [0.4, 0.5) is 10.1 Å². The van der Waals surface area contributed by atoms with E-state index in [9.17, 15) is 14.5 Å². The molecular formula is C14H13FIN3O3. The van der Waals surface area contributed by atoms with Crippen molar-refractivity contribution in [1.29, 1.82) is 0 Å². The fourth-order valence-corrected chi connectivity index (χ4v) is 3.00. The maximum Gasteiger partial charge on any atom is 0.351 e. The highest BCUT2D eigenvalue weighted by Crippen LogP contribution is 2.32. The van der Waals surface area contributed by atoms with Crippen molar-refractivity contribution >= 4 is 28.3 Å². The van der Waals surface area contributed by atoms with Crippen LogP contribution in [0.3, 0.4) is 0 Å². The molecule has 0 aliphatic carbocycles. The topological polar surface area (TPSA) is 67.6 Å². The van der Waals surface area contributed by atoms with E-state index in [1.807, 2.05) is 27.5 Å². The van der Waals surface area contributed by atoms with Crippen LogP contribution in [0.25, 0.3) is 0 Å². The summed E-state index contributed by atoms with van der Waals surface area (Å²) in [6, 6.07) is 4.68. The van der Waals surface area contributed by atoms with E-state index in [2.05, 4.69) is 5.32 Å². The SMILES string of the molecule is CC1=C(Nc2ccc(I)cc2F)C([N+](=O)[O-])=C2OCCN2C1. The molecule has 0 unspecified atom stereocenters. The lowest BCUT2D eigenvalue weighted by Gasteiger charge is -2.25. The van der Waals surface area contributed by atoms with Gasteiger partial charge in [-0.15, -0.1) is 0 Å². The smallest absolute Gasteiger partial charge is 0.351 e. The quantitative estimate of drug-likeness (QED) is 0.466. The van der Waals surface area contributed by atoms with Crippen molar-refractivity contribution in [1.82, 2.24) is 4.90 Å². The molecule has 1 aromatic rings. The van der Waals surface area contributed by atoms with Gasteiger partial charge < -0.3 is 15.0 Å². The van der Waals surface area contributed by atoms with E-state index >= 15 is 0 Å². The molecule has 1 N–H and O–H groups in total. The monoisotopic (exact) mass is 417 g/mol. The van der Waals surface area contributed by atoms with Gasteiger partial charge in [0.2, 0.25) is 0 Å². The average Bonchev–Trinajstić information content (AvgIpc) is 2.89. The molecule has 0 radical (unpaired) electrons. The van der Waals surface area contributed by atoms with E-state index in [0.29, 0.717) is 25.4 Å².